The van der Waals surface area contributed by atoms with Crippen LogP contribution < -0.4 is 15.8 Å². The van der Waals surface area contributed by atoms with Crippen LogP contribution in [0.2, 0.25) is 0 Å². The standard InChI is InChI=1S/C10H18N4O/c1-7(2)15-10-6-12-5-9(14-10)13-8(3)4-11/h5-8H,4,11H2,1-3H3,(H,13,14). The SMILES string of the molecule is CC(CN)Nc1cncc(OC(C)C)n1. The predicted octanol–water partition coefficient (Wildman–Crippen LogP) is 1.02. The van der Waals surface area contributed by atoms with Crippen molar-refractivity contribution in [1.29, 1.82) is 0 Å². The van der Waals surface area contributed by atoms with Gasteiger partial charge in [0.15, 0.2) is 0 Å². The summed E-state index contributed by atoms with van der Waals surface area (Å²) >= 11 is 0. The summed E-state index contributed by atoms with van der Waals surface area (Å²) in [5.74, 6) is 1.21. The first kappa shape index (κ1) is 11.7. The third-order valence-electron chi connectivity index (χ3n) is 1.72. The Labute approximate surface area is 90.1 Å². The van der Waals surface area contributed by atoms with Gasteiger partial charge in [0.25, 0.3) is 0 Å². The van der Waals surface area contributed by atoms with Gasteiger partial charge in [-0.25, -0.2) is 0 Å². The second kappa shape index (κ2) is 5.50. The molecule has 1 rings (SSSR count). The Bertz CT molecular complexity index is 303. The van der Waals surface area contributed by atoms with Crippen molar-refractivity contribution in [3.05, 3.63) is 12.4 Å². The number of nitrogens with one attached hydrogen (secondary N) is 1. The van der Waals surface area contributed by atoms with E-state index in [0.717, 1.165) is 0 Å². The van der Waals surface area contributed by atoms with Crippen LogP contribution in [0.3, 0.4) is 0 Å². The summed E-state index contributed by atoms with van der Waals surface area (Å²) in [6.07, 6.45) is 3.35. The van der Waals surface area contributed by atoms with E-state index in [-0.39, 0.29) is 12.1 Å². The fourth-order valence-electron chi connectivity index (χ4n) is 1.03. The zero-order valence-corrected chi connectivity index (χ0v) is 9.40. The Balaban J connectivity index is 2.65. The lowest BCUT2D eigenvalue weighted by Gasteiger charge is -2.13. The summed E-state index contributed by atoms with van der Waals surface area (Å²) in [5.41, 5.74) is 5.50. The summed E-state index contributed by atoms with van der Waals surface area (Å²) in [5, 5.41) is 3.13. The van der Waals surface area contributed by atoms with Gasteiger partial charge in [-0.15, -0.1) is 0 Å². The van der Waals surface area contributed by atoms with Gasteiger partial charge in [0.1, 0.15) is 5.82 Å². The highest BCUT2D eigenvalue weighted by atomic mass is 16.5. The normalized spacial score (nSPS) is 12.6. The summed E-state index contributed by atoms with van der Waals surface area (Å²) in [6, 6.07) is 0.175. The van der Waals surface area contributed by atoms with E-state index in [1.165, 1.54) is 0 Å². The van der Waals surface area contributed by atoms with E-state index in [1.54, 1.807) is 12.4 Å². The lowest BCUT2D eigenvalue weighted by molar-refractivity contribution is 0.232. The number of anilines is 1. The number of rotatable bonds is 5. The zero-order valence-electron chi connectivity index (χ0n) is 9.40. The number of hydrogen-bond acceptors (Lipinski definition) is 5. The minimum absolute atomic E-state index is 0.0986. The highest BCUT2D eigenvalue weighted by Gasteiger charge is 2.04. The van der Waals surface area contributed by atoms with Gasteiger partial charge in [0.2, 0.25) is 5.88 Å². The summed E-state index contributed by atoms with van der Waals surface area (Å²) in [6.45, 7) is 6.43. The highest BCUT2D eigenvalue weighted by Crippen LogP contribution is 2.11. The first-order valence-electron chi connectivity index (χ1n) is 5.07. The van der Waals surface area contributed by atoms with Crippen molar-refractivity contribution < 1.29 is 4.74 Å². The molecule has 0 aromatic carbocycles. The Morgan fingerprint density at radius 1 is 1.40 bits per heavy atom. The molecule has 0 fully saturated rings. The smallest absolute Gasteiger partial charge is 0.234 e. The van der Waals surface area contributed by atoms with Crippen LogP contribution in [0.5, 0.6) is 5.88 Å². The summed E-state index contributed by atoms with van der Waals surface area (Å²) < 4.78 is 5.43. The van der Waals surface area contributed by atoms with E-state index in [4.69, 9.17) is 10.5 Å². The molecule has 0 aliphatic heterocycles. The van der Waals surface area contributed by atoms with Gasteiger partial charge in [-0.1, -0.05) is 0 Å². The van der Waals surface area contributed by atoms with Crippen LogP contribution in [0.1, 0.15) is 20.8 Å². The number of ether oxygens (including phenoxy) is 1. The fourth-order valence-corrected chi connectivity index (χ4v) is 1.03. The number of nitrogens with zero attached hydrogens (tertiary/aromatic N) is 2. The second-order valence-electron chi connectivity index (χ2n) is 3.69. The largest absolute Gasteiger partial charge is 0.474 e. The third kappa shape index (κ3) is 4.12. The van der Waals surface area contributed by atoms with Crippen LogP contribution in [0.25, 0.3) is 0 Å². The van der Waals surface area contributed by atoms with Crippen LogP contribution in [0.15, 0.2) is 12.4 Å². The first-order chi connectivity index (χ1) is 7.11. The fraction of sp³-hybridized carbons (Fsp3) is 0.600. The van der Waals surface area contributed by atoms with Gasteiger partial charge in [-0.05, 0) is 20.8 Å². The third-order valence-corrected chi connectivity index (χ3v) is 1.72. The van der Waals surface area contributed by atoms with Crippen LogP contribution in [0.4, 0.5) is 5.82 Å². The molecular formula is C10H18N4O. The lowest BCUT2D eigenvalue weighted by Crippen LogP contribution is -2.25. The molecule has 1 aromatic heterocycles. The van der Waals surface area contributed by atoms with Crippen LogP contribution in [-0.4, -0.2) is 28.7 Å². The molecule has 0 aliphatic rings. The maximum atomic E-state index is 5.50. The van der Waals surface area contributed by atoms with E-state index in [9.17, 15) is 0 Å². The topological polar surface area (TPSA) is 73.1 Å². The predicted molar refractivity (Wildman–Crippen MR) is 59.9 cm³/mol. The second-order valence-corrected chi connectivity index (χ2v) is 3.69. The highest BCUT2D eigenvalue weighted by molar-refractivity contribution is 5.34. The van der Waals surface area contributed by atoms with Crippen LogP contribution >= 0.6 is 0 Å². The number of aromatic nitrogens is 2. The van der Waals surface area contributed by atoms with Crippen molar-refractivity contribution in [2.75, 3.05) is 11.9 Å². The molecule has 0 bridgehead atoms. The van der Waals surface area contributed by atoms with E-state index in [2.05, 4.69) is 15.3 Å². The minimum atomic E-state index is 0.0986. The molecule has 15 heavy (non-hydrogen) atoms. The average molecular weight is 210 g/mol. The molecule has 5 heteroatoms. The number of hydrogen-bond donors (Lipinski definition) is 2. The number of nitrogens with two attached hydrogens (primary N) is 1. The molecule has 84 valence electrons. The van der Waals surface area contributed by atoms with E-state index in [1.807, 2.05) is 20.8 Å². The summed E-state index contributed by atoms with van der Waals surface area (Å²) in [7, 11) is 0. The average Bonchev–Trinajstić information content (AvgIpc) is 2.17. The quantitative estimate of drug-likeness (QED) is 0.759. The van der Waals surface area contributed by atoms with Gasteiger partial charge in [0, 0.05) is 12.6 Å². The first-order valence-corrected chi connectivity index (χ1v) is 5.07. The van der Waals surface area contributed by atoms with Gasteiger partial charge in [-0.2, -0.15) is 4.98 Å². The van der Waals surface area contributed by atoms with E-state index >= 15 is 0 Å². The minimum Gasteiger partial charge on any atom is -0.474 e. The zero-order chi connectivity index (χ0) is 11.3. The van der Waals surface area contributed by atoms with Crippen molar-refractivity contribution >= 4 is 5.82 Å². The molecule has 0 aliphatic carbocycles. The monoisotopic (exact) mass is 210 g/mol. The molecule has 0 radical (unpaired) electrons. The van der Waals surface area contributed by atoms with Crippen molar-refractivity contribution in [3.63, 3.8) is 0 Å². The molecule has 1 atom stereocenters. The molecule has 0 saturated heterocycles. The Morgan fingerprint density at radius 3 is 2.73 bits per heavy atom. The van der Waals surface area contributed by atoms with Crippen molar-refractivity contribution in [3.8, 4) is 5.88 Å². The van der Waals surface area contributed by atoms with Gasteiger partial charge >= 0.3 is 0 Å². The van der Waals surface area contributed by atoms with E-state index < -0.39 is 0 Å². The van der Waals surface area contributed by atoms with Crippen LogP contribution in [-0.2, 0) is 0 Å². The van der Waals surface area contributed by atoms with Crippen molar-refractivity contribution in [2.24, 2.45) is 5.73 Å². The van der Waals surface area contributed by atoms with Gasteiger partial charge in [0.05, 0.1) is 18.5 Å². The maximum absolute atomic E-state index is 5.50. The molecule has 1 aromatic rings. The summed E-state index contributed by atoms with van der Waals surface area (Å²) in [4.78, 5) is 8.28. The Kier molecular flexibility index (Phi) is 4.30. The molecule has 0 amide bonds. The van der Waals surface area contributed by atoms with Crippen molar-refractivity contribution in [2.45, 2.75) is 32.9 Å². The van der Waals surface area contributed by atoms with Gasteiger partial charge < -0.3 is 15.8 Å². The van der Waals surface area contributed by atoms with E-state index in [0.29, 0.717) is 18.2 Å². The Hall–Kier alpha value is -1.36. The molecule has 1 heterocycles. The maximum Gasteiger partial charge on any atom is 0.234 e. The van der Waals surface area contributed by atoms with Crippen LogP contribution in [0, 0.1) is 0 Å². The molecular weight excluding hydrogens is 192 g/mol. The van der Waals surface area contributed by atoms with Crippen molar-refractivity contribution in [1.82, 2.24) is 9.97 Å². The molecule has 0 spiro atoms. The Morgan fingerprint density at radius 2 is 2.13 bits per heavy atom. The lowest BCUT2D eigenvalue weighted by atomic mass is 10.3. The molecule has 3 N–H and O–H groups in total. The molecule has 1 unspecified atom stereocenters. The van der Waals surface area contributed by atoms with Gasteiger partial charge in [-0.3, -0.25) is 4.98 Å². The molecule has 5 nitrogen and oxygen atoms in total. The molecule has 0 saturated carbocycles.